The van der Waals surface area contributed by atoms with Gasteiger partial charge in [-0.05, 0) is 29.8 Å². The molecule has 1 aromatic carbocycles. The third kappa shape index (κ3) is 3.86. The van der Waals surface area contributed by atoms with Crippen molar-refractivity contribution in [2.75, 3.05) is 5.73 Å². The molecule has 7 heteroatoms. The van der Waals surface area contributed by atoms with E-state index in [1.165, 1.54) is 24.3 Å². The first-order chi connectivity index (χ1) is 9.89. The van der Waals surface area contributed by atoms with Crippen molar-refractivity contribution in [3.8, 4) is 22.9 Å². The van der Waals surface area contributed by atoms with Crippen LogP contribution in [0.4, 0.5) is 19.0 Å². The number of aromatic nitrogens is 1. The van der Waals surface area contributed by atoms with E-state index in [1.807, 2.05) is 6.07 Å². The van der Waals surface area contributed by atoms with E-state index >= 15 is 0 Å². The summed E-state index contributed by atoms with van der Waals surface area (Å²) >= 11 is 0. The molecule has 0 aliphatic carbocycles. The summed E-state index contributed by atoms with van der Waals surface area (Å²) in [6.45, 7) is 0. The normalized spacial score (nSPS) is 11.0. The van der Waals surface area contributed by atoms with Crippen molar-refractivity contribution in [1.82, 2.24) is 4.98 Å². The van der Waals surface area contributed by atoms with Crippen LogP contribution in [0.25, 0.3) is 11.1 Å². The van der Waals surface area contributed by atoms with Crippen molar-refractivity contribution in [3.63, 3.8) is 0 Å². The Kier molecular flexibility index (Phi) is 3.98. The molecule has 21 heavy (non-hydrogen) atoms. The van der Waals surface area contributed by atoms with Crippen molar-refractivity contribution < 1.29 is 17.9 Å². The smallest absolute Gasteiger partial charge is 0.406 e. The second-order valence-corrected chi connectivity index (χ2v) is 4.14. The van der Waals surface area contributed by atoms with E-state index in [4.69, 9.17) is 11.0 Å². The second-order valence-electron chi connectivity index (χ2n) is 4.14. The molecule has 2 N–H and O–H groups in total. The van der Waals surface area contributed by atoms with Crippen LogP contribution in [0, 0.1) is 11.3 Å². The van der Waals surface area contributed by atoms with Gasteiger partial charge in [-0.1, -0.05) is 12.1 Å². The Hall–Kier alpha value is -2.75. The van der Waals surface area contributed by atoms with Crippen molar-refractivity contribution in [1.29, 1.82) is 5.26 Å². The molecule has 2 aromatic rings. The Morgan fingerprint density at radius 2 is 1.81 bits per heavy atom. The van der Waals surface area contributed by atoms with Crippen LogP contribution in [0.15, 0.2) is 36.4 Å². The molecule has 0 fully saturated rings. The molecule has 1 heterocycles. The van der Waals surface area contributed by atoms with Gasteiger partial charge in [0.05, 0.1) is 18.2 Å². The van der Waals surface area contributed by atoms with E-state index in [0.717, 1.165) is 0 Å². The number of benzene rings is 1. The summed E-state index contributed by atoms with van der Waals surface area (Å²) in [5.74, 6) is -0.0916. The zero-order valence-corrected chi connectivity index (χ0v) is 10.7. The van der Waals surface area contributed by atoms with E-state index in [2.05, 4.69) is 9.72 Å². The van der Waals surface area contributed by atoms with E-state index in [0.29, 0.717) is 16.8 Å². The van der Waals surface area contributed by atoms with Gasteiger partial charge >= 0.3 is 6.36 Å². The lowest BCUT2D eigenvalue weighted by atomic mass is 10.1. The SMILES string of the molecule is N#CCc1ccc(-c2ccc(OC(F)(F)F)cc2)c(N)n1. The highest BCUT2D eigenvalue weighted by Gasteiger charge is 2.30. The number of nitriles is 1. The number of hydrogen-bond acceptors (Lipinski definition) is 4. The molecule has 0 radical (unpaired) electrons. The van der Waals surface area contributed by atoms with Crippen LogP contribution in [0.1, 0.15) is 5.69 Å². The molecule has 0 amide bonds. The summed E-state index contributed by atoms with van der Waals surface area (Å²) < 4.78 is 40.0. The van der Waals surface area contributed by atoms with Gasteiger partial charge in [0, 0.05) is 5.56 Å². The molecule has 0 aliphatic rings. The molecule has 0 saturated heterocycles. The molecule has 0 saturated carbocycles. The number of anilines is 1. The Labute approximate surface area is 118 Å². The van der Waals surface area contributed by atoms with Gasteiger partial charge in [0.25, 0.3) is 0 Å². The number of ether oxygens (including phenoxy) is 1. The number of hydrogen-bond donors (Lipinski definition) is 1. The lowest BCUT2D eigenvalue weighted by Gasteiger charge is -2.10. The van der Waals surface area contributed by atoms with Crippen LogP contribution in [0.2, 0.25) is 0 Å². The quantitative estimate of drug-likeness (QED) is 0.942. The molecule has 2 rings (SSSR count). The third-order valence-electron chi connectivity index (χ3n) is 2.64. The topological polar surface area (TPSA) is 71.9 Å². The van der Waals surface area contributed by atoms with Gasteiger partial charge in [0.2, 0.25) is 0 Å². The van der Waals surface area contributed by atoms with Crippen LogP contribution in [0.3, 0.4) is 0 Å². The molecular weight excluding hydrogens is 283 g/mol. The lowest BCUT2D eigenvalue weighted by molar-refractivity contribution is -0.274. The molecular formula is C14H10F3N3O. The third-order valence-corrected chi connectivity index (χ3v) is 2.64. The number of rotatable bonds is 3. The average Bonchev–Trinajstić information content (AvgIpc) is 2.39. The van der Waals surface area contributed by atoms with Crippen LogP contribution in [0.5, 0.6) is 5.75 Å². The average molecular weight is 293 g/mol. The summed E-state index contributed by atoms with van der Waals surface area (Å²) in [5.41, 5.74) is 7.52. The van der Waals surface area contributed by atoms with Gasteiger partial charge in [0.1, 0.15) is 11.6 Å². The molecule has 1 aromatic heterocycles. The van der Waals surface area contributed by atoms with Crippen LogP contribution < -0.4 is 10.5 Å². The first kappa shape index (κ1) is 14.7. The predicted octanol–water partition coefficient (Wildman–Crippen LogP) is 3.30. The highest BCUT2D eigenvalue weighted by molar-refractivity contribution is 5.74. The van der Waals surface area contributed by atoms with E-state index < -0.39 is 6.36 Å². The van der Waals surface area contributed by atoms with Gasteiger partial charge < -0.3 is 10.5 Å². The Morgan fingerprint density at radius 1 is 1.14 bits per heavy atom. The molecule has 0 bridgehead atoms. The number of nitrogens with zero attached hydrogens (tertiary/aromatic N) is 2. The summed E-state index contributed by atoms with van der Waals surface area (Å²) in [4.78, 5) is 4.07. The van der Waals surface area contributed by atoms with E-state index in [-0.39, 0.29) is 18.0 Å². The van der Waals surface area contributed by atoms with Gasteiger partial charge in [-0.2, -0.15) is 5.26 Å². The standard InChI is InChI=1S/C14H10F3N3O/c15-14(16,17)21-11-4-1-9(2-5-11)12-6-3-10(7-8-18)20-13(12)19/h1-6H,7H2,(H2,19,20). The fourth-order valence-corrected chi connectivity index (χ4v) is 1.78. The number of alkyl halides is 3. The van der Waals surface area contributed by atoms with E-state index in [1.54, 1.807) is 12.1 Å². The highest BCUT2D eigenvalue weighted by Crippen LogP contribution is 2.28. The van der Waals surface area contributed by atoms with Gasteiger partial charge in [-0.3, -0.25) is 0 Å². The Balaban J connectivity index is 2.25. The minimum Gasteiger partial charge on any atom is -0.406 e. The molecule has 0 atom stereocenters. The highest BCUT2D eigenvalue weighted by atomic mass is 19.4. The largest absolute Gasteiger partial charge is 0.573 e. The minimum atomic E-state index is -4.72. The lowest BCUT2D eigenvalue weighted by Crippen LogP contribution is -2.16. The summed E-state index contributed by atoms with van der Waals surface area (Å²) in [6, 6.07) is 10.6. The maximum Gasteiger partial charge on any atom is 0.573 e. The number of pyridine rings is 1. The monoisotopic (exact) mass is 293 g/mol. The van der Waals surface area contributed by atoms with Gasteiger partial charge in [0.15, 0.2) is 0 Å². The van der Waals surface area contributed by atoms with Crippen molar-refractivity contribution in [3.05, 3.63) is 42.1 Å². The molecule has 0 unspecified atom stereocenters. The summed E-state index contributed by atoms with van der Waals surface area (Å²) in [6.07, 6.45) is -4.58. The first-order valence-corrected chi connectivity index (χ1v) is 5.87. The van der Waals surface area contributed by atoms with Crippen LogP contribution in [-0.4, -0.2) is 11.3 Å². The molecule has 4 nitrogen and oxygen atoms in total. The summed E-state index contributed by atoms with van der Waals surface area (Å²) in [5, 5.41) is 8.58. The fourth-order valence-electron chi connectivity index (χ4n) is 1.78. The predicted molar refractivity (Wildman–Crippen MR) is 70.1 cm³/mol. The summed E-state index contributed by atoms with van der Waals surface area (Å²) in [7, 11) is 0. The zero-order valence-electron chi connectivity index (χ0n) is 10.7. The van der Waals surface area contributed by atoms with Gasteiger partial charge in [-0.15, -0.1) is 13.2 Å². The van der Waals surface area contributed by atoms with E-state index in [9.17, 15) is 13.2 Å². The fraction of sp³-hybridized carbons (Fsp3) is 0.143. The van der Waals surface area contributed by atoms with Crippen LogP contribution in [-0.2, 0) is 6.42 Å². The Bertz CT molecular complexity index is 675. The van der Waals surface area contributed by atoms with Crippen molar-refractivity contribution in [2.45, 2.75) is 12.8 Å². The molecule has 0 aliphatic heterocycles. The van der Waals surface area contributed by atoms with Crippen molar-refractivity contribution >= 4 is 5.82 Å². The second kappa shape index (κ2) is 5.71. The van der Waals surface area contributed by atoms with Crippen LogP contribution >= 0.6 is 0 Å². The molecule has 108 valence electrons. The number of nitrogens with two attached hydrogens (primary N) is 1. The minimum absolute atomic E-state index is 0.142. The Morgan fingerprint density at radius 3 is 2.33 bits per heavy atom. The van der Waals surface area contributed by atoms with Gasteiger partial charge in [-0.25, -0.2) is 4.98 Å². The number of nitrogen functional groups attached to an aromatic ring is 1. The number of halogens is 3. The van der Waals surface area contributed by atoms with Crippen molar-refractivity contribution in [2.24, 2.45) is 0 Å². The zero-order chi connectivity index (χ0) is 15.5. The maximum atomic E-state index is 12.1. The first-order valence-electron chi connectivity index (χ1n) is 5.87. The molecule has 0 spiro atoms. The maximum absolute atomic E-state index is 12.1.